The predicted octanol–water partition coefficient (Wildman–Crippen LogP) is 1.52. The zero-order chi connectivity index (χ0) is 13.1. The van der Waals surface area contributed by atoms with E-state index >= 15 is 0 Å². The third kappa shape index (κ3) is 2.60. The maximum atomic E-state index is 12.3. The number of aryl methyl sites for hydroxylation is 1. The minimum atomic E-state index is -0.237. The van der Waals surface area contributed by atoms with Crippen LogP contribution in [0.1, 0.15) is 37.2 Å². The van der Waals surface area contributed by atoms with Gasteiger partial charge < -0.3 is 9.64 Å². The van der Waals surface area contributed by atoms with Crippen molar-refractivity contribution in [3.8, 4) is 5.88 Å². The Morgan fingerprint density at radius 3 is 2.67 bits per heavy atom. The van der Waals surface area contributed by atoms with Gasteiger partial charge in [0.25, 0.3) is 0 Å². The van der Waals surface area contributed by atoms with Crippen molar-refractivity contribution in [2.45, 2.75) is 32.6 Å². The first kappa shape index (κ1) is 12.8. The highest BCUT2D eigenvalue weighted by molar-refractivity contribution is 5.83. The number of ether oxygens (including phenoxy) is 1. The van der Waals surface area contributed by atoms with Crippen LogP contribution in [-0.2, 0) is 4.79 Å². The Kier molecular flexibility index (Phi) is 3.79. The van der Waals surface area contributed by atoms with Crippen molar-refractivity contribution in [2.75, 3.05) is 20.2 Å². The lowest BCUT2D eigenvalue weighted by Gasteiger charge is -2.20. The molecule has 2 heterocycles. The molecule has 1 aliphatic heterocycles. The maximum Gasteiger partial charge on any atom is 0.231 e. The minimum absolute atomic E-state index is 0.146. The van der Waals surface area contributed by atoms with Gasteiger partial charge in [-0.05, 0) is 26.7 Å². The molecule has 0 saturated carbocycles. The van der Waals surface area contributed by atoms with Gasteiger partial charge in [-0.25, -0.2) is 4.98 Å². The van der Waals surface area contributed by atoms with E-state index in [9.17, 15) is 4.79 Å². The van der Waals surface area contributed by atoms with Crippen LogP contribution in [0, 0.1) is 6.92 Å². The summed E-state index contributed by atoms with van der Waals surface area (Å²) in [7, 11) is 1.57. The van der Waals surface area contributed by atoms with E-state index in [0.29, 0.717) is 11.7 Å². The number of carbonyl (C=O) groups is 1. The van der Waals surface area contributed by atoms with E-state index in [4.69, 9.17) is 4.74 Å². The summed E-state index contributed by atoms with van der Waals surface area (Å²) in [5.41, 5.74) is 0.733. The molecule has 5 nitrogen and oxygen atoms in total. The normalized spacial score (nSPS) is 16.7. The molecule has 0 unspecified atom stereocenters. The van der Waals surface area contributed by atoms with Gasteiger partial charge in [-0.3, -0.25) is 4.79 Å². The molecule has 0 spiro atoms. The predicted molar refractivity (Wildman–Crippen MR) is 67.6 cm³/mol. The molecule has 98 valence electrons. The molecule has 1 atom stereocenters. The quantitative estimate of drug-likeness (QED) is 0.815. The summed E-state index contributed by atoms with van der Waals surface area (Å²) in [6, 6.07) is 1.74. The van der Waals surface area contributed by atoms with Crippen LogP contribution in [0.3, 0.4) is 0 Å². The highest BCUT2D eigenvalue weighted by Gasteiger charge is 2.25. The van der Waals surface area contributed by atoms with Crippen molar-refractivity contribution in [1.82, 2.24) is 14.9 Å². The second-order valence-corrected chi connectivity index (χ2v) is 4.64. The third-order valence-electron chi connectivity index (χ3n) is 3.28. The lowest BCUT2D eigenvalue weighted by Crippen LogP contribution is -2.32. The first-order valence-corrected chi connectivity index (χ1v) is 6.30. The van der Waals surface area contributed by atoms with E-state index < -0.39 is 0 Å². The van der Waals surface area contributed by atoms with Gasteiger partial charge in [-0.1, -0.05) is 0 Å². The lowest BCUT2D eigenvalue weighted by molar-refractivity contribution is -0.131. The summed E-state index contributed by atoms with van der Waals surface area (Å²) < 4.78 is 5.12. The average molecular weight is 249 g/mol. The van der Waals surface area contributed by atoms with E-state index in [1.54, 1.807) is 20.1 Å². The van der Waals surface area contributed by atoms with Gasteiger partial charge in [0.15, 0.2) is 0 Å². The summed E-state index contributed by atoms with van der Waals surface area (Å²) in [5.74, 6) is 1.05. The second-order valence-electron chi connectivity index (χ2n) is 4.64. The van der Waals surface area contributed by atoms with E-state index in [1.165, 1.54) is 0 Å². The molecule has 1 aromatic heterocycles. The summed E-state index contributed by atoms with van der Waals surface area (Å²) in [4.78, 5) is 22.7. The number of hydrogen-bond donors (Lipinski definition) is 0. The van der Waals surface area contributed by atoms with Gasteiger partial charge in [0.2, 0.25) is 11.8 Å². The molecule has 0 bridgehead atoms. The summed E-state index contributed by atoms with van der Waals surface area (Å²) in [6.45, 7) is 5.43. The fourth-order valence-electron chi connectivity index (χ4n) is 2.23. The lowest BCUT2D eigenvalue weighted by atomic mass is 10.1. The Labute approximate surface area is 107 Å². The topological polar surface area (TPSA) is 55.3 Å². The Balaban J connectivity index is 2.19. The smallest absolute Gasteiger partial charge is 0.231 e. The SMILES string of the molecule is COc1cc([C@H](C)C(=O)N2CCCC2)nc(C)n1. The number of amides is 1. The van der Waals surface area contributed by atoms with Crippen molar-refractivity contribution < 1.29 is 9.53 Å². The monoisotopic (exact) mass is 249 g/mol. The first-order valence-electron chi connectivity index (χ1n) is 6.30. The van der Waals surface area contributed by atoms with Crippen LogP contribution in [-0.4, -0.2) is 41.0 Å². The molecular weight excluding hydrogens is 230 g/mol. The van der Waals surface area contributed by atoms with Crippen LogP contribution in [0.15, 0.2) is 6.07 Å². The number of methoxy groups -OCH3 is 1. The largest absolute Gasteiger partial charge is 0.481 e. The molecule has 18 heavy (non-hydrogen) atoms. The number of likely N-dealkylation sites (tertiary alicyclic amines) is 1. The molecule has 1 saturated heterocycles. The molecule has 1 aromatic rings. The average Bonchev–Trinajstić information content (AvgIpc) is 2.90. The van der Waals surface area contributed by atoms with Crippen LogP contribution in [0.5, 0.6) is 5.88 Å². The molecule has 0 aliphatic carbocycles. The first-order chi connectivity index (χ1) is 8.61. The standard InChI is InChI=1S/C13H19N3O2/c1-9(13(17)16-6-4-5-7-16)11-8-12(18-3)15-10(2)14-11/h8-9H,4-7H2,1-3H3/t9-/m0/s1. The van der Waals surface area contributed by atoms with Crippen LogP contribution in [0.4, 0.5) is 0 Å². The van der Waals surface area contributed by atoms with Crippen molar-refractivity contribution in [3.63, 3.8) is 0 Å². The van der Waals surface area contributed by atoms with E-state index in [0.717, 1.165) is 31.6 Å². The number of hydrogen-bond acceptors (Lipinski definition) is 4. The van der Waals surface area contributed by atoms with Crippen molar-refractivity contribution in [1.29, 1.82) is 0 Å². The van der Waals surface area contributed by atoms with Gasteiger partial charge in [-0.2, -0.15) is 4.98 Å². The van der Waals surface area contributed by atoms with Crippen molar-refractivity contribution in [3.05, 3.63) is 17.6 Å². The van der Waals surface area contributed by atoms with Crippen LogP contribution in [0.2, 0.25) is 0 Å². The molecule has 1 fully saturated rings. The van der Waals surface area contributed by atoms with Gasteiger partial charge in [0.05, 0.1) is 18.7 Å². The highest BCUT2D eigenvalue weighted by Crippen LogP contribution is 2.21. The zero-order valence-corrected chi connectivity index (χ0v) is 11.1. The van der Waals surface area contributed by atoms with E-state index in [1.807, 2.05) is 11.8 Å². The third-order valence-corrected chi connectivity index (χ3v) is 3.28. The van der Waals surface area contributed by atoms with Gasteiger partial charge in [-0.15, -0.1) is 0 Å². The Morgan fingerprint density at radius 2 is 2.06 bits per heavy atom. The molecular formula is C13H19N3O2. The van der Waals surface area contributed by atoms with Crippen molar-refractivity contribution in [2.24, 2.45) is 0 Å². The summed E-state index contributed by atoms with van der Waals surface area (Å²) in [5, 5.41) is 0. The molecule has 0 N–H and O–H groups in total. The maximum absolute atomic E-state index is 12.3. The Bertz CT molecular complexity index is 442. The number of carbonyl (C=O) groups excluding carboxylic acids is 1. The Hall–Kier alpha value is -1.65. The van der Waals surface area contributed by atoms with Crippen LogP contribution in [0.25, 0.3) is 0 Å². The van der Waals surface area contributed by atoms with Crippen LogP contribution >= 0.6 is 0 Å². The highest BCUT2D eigenvalue weighted by atomic mass is 16.5. The van der Waals surface area contributed by atoms with Gasteiger partial charge in [0, 0.05) is 19.2 Å². The Morgan fingerprint density at radius 1 is 1.39 bits per heavy atom. The molecule has 1 amide bonds. The number of aromatic nitrogens is 2. The minimum Gasteiger partial charge on any atom is -0.481 e. The molecule has 0 radical (unpaired) electrons. The number of nitrogens with zero attached hydrogens (tertiary/aromatic N) is 3. The second kappa shape index (κ2) is 5.33. The fraction of sp³-hybridized carbons (Fsp3) is 0.615. The van der Waals surface area contributed by atoms with Crippen molar-refractivity contribution >= 4 is 5.91 Å². The molecule has 0 aromatic carbocycles. The summed E-state index contributed by atoms with van der Waals surface area (Å²) >= 11 is 0. The molecule has 5 heteroatoms. The van der Waals surface area contributed by atoms with E-state index in [2.05, 4.69) is 9.97 Å². The molecule has 2 rings (SSSR count). The van der Waals surface area contributed by atoms with Gasteiger partial charge >= 0.3 is 0 Å². The van der Waals surface area contributed by atoms with Crippen LogP contribution < -0.4 is 4.74 Å². The summed E-state index contributed by atoms with van der Waals surface area (Å²) in [6.07, 6.45) is 2.20. The fourth-order valence-corrected chi connectivity index (χ4v) is 2.23. The van der Waals surface area contributed by atoms with Gasteiger partial charge in [0.1, 0.15) is 5.82 Å². The van der Waals surface area contributed by atoms with E-state index in [-0.39, 0.29) is 11.8 Å². The molecule has 1 aliphatic rings. The zero-order valence-electron chi connectivity index (χ0n) is 11.1. The number of rotatable bonds is 3.